The van der Waals surface area contributed by atoms with Gasteiger partial charge in [-0.15, -0.1) is 21.5 Å². The van der Waals surface area contributed by atoms with Gasteiger partial charge in [0, 0.05) is 11.4 Å². The number of aromatic nitrogens is 3. The highest BCUT2D eigenvalue weighted by Gasteiger charge is 2.18. The number of rotatable bonds is 5. The van der Waals surface area contributed by atoms with Crippen LogP contribution in [0.3, 0.4) is 0 Å². The fourth-order valence-electron chi connectivity index (χ4n) is 2.24. The van der Waals surface area contributed by atoms with Crippen molar-refractivity contribution in [3.63, 3.8) is 0 Å². The second-order valence-electron chi connectivity index (χ2n) is 4.85. The van der Waals surface area contributed by atoms with E-state index in [1.807, 2.05) is 25.3 Å². The summed E-state index contributed by atoms with van der Waals surface area (Å²) in [7, 11) is 0. The van der Waals surface area contributed by atoms with Crippen molar-refractivity contribution in [1.29, 1.82) is 0 Å². The molecule has 3 aromatic heterocycles. The molecule has 3 aromatic rings. The standard InChI is InChI=1S/C15H16N4OS3/c1-4-21-15-18-17-14(23-15)16-12(20)11-7-8-22-13(11)19-9(2)5-6-10(19)3/h5-8H,4H2,1-3H3,(H,16,17,20). The highest BCUT2D eigenvalue weighted by atomic mass is 32.2. The van der Waals surface area contributed by atoms with Crippen molar-refractivity contribution in [1.82, 2.24) is 14.8 Å². The van der Waals surface area contributed by atoms with Gasteiger partial charge in [-0.25, -0.2) is 0 Å². The number of hydrogen-bond donors (Lipinski definition) is 1. The second-order valence-corrected chi connectivity index (χ2v) is 8.23. The maximum Gasteiger partial charge on any atom is 0.260 e. The fraction of sp³-hybridized carbons (Fsp3) is 0.267. The van der Waals surface area contributed by atoms with Crippen LogP contribution in [0.15, 0.2) is 27.9 Å². The van der Waals surface area contributed by atoms with Crippen molar-refractivity contribution in [3.05, 3.63) is 40.5 Å². The lowest BCUT2D eigenvalue weighted by Crippen LogP contribution is -2.14. The maximum atomic E-state index is 12.6. The largest absolute Gasteiger partial charge is 0.309 e. The molecule has 3 rings (SSSR count). The van der Waals surface area contributed by atoms with Crippen LogP contribution in [0.25, 0.3) is 5.00 Å². The number of nitrogens with one attached hydrogen (secondary N) is 1. The third-order valence-electron chi connectivity index (χ3n) is 3.26. The number of hydrogen-bond acceptors (Lipinski definition) is 6. The summed E-state index contributed by atoms with van der Waals surface area (Å²) in [6, 6.07) is 5.95. The quantitative estimate of drug-likeness (QED) is 0.539. The molecular weight excluding hydrogens is 348 g/mol. The van der Waals surface area contributed by atoms with E-state index in [2.05, 4.69) is 39.1 Å². The molecule has 1 N–H and O–H groups in total. The average Bonchev–Trinajstić information content (AvgIpc) is 3.21. The topological polar surface area (TPSA) is 59.8 Å². The molecule has 1 amide bonds. The van der Waals surface area contributed by atoms with Crippen LogP contribution in [-0.2, 0) is 0 Å². The monoisotopic (exact) mass is 364 g/mol. The predicted molar refractivity (Wildman–Crippen MR) is 97.4 cm³/mol. The Bertz CT molecular complexity index is 814. The van der Waals surface area contributed by atoms with E-state index in [-0.39, 0.29) is 5.91 Å². The number of anilines is 1. The Hall–Kier alpha value is -1.64. The minimum atomic E-state index is -0.155. The SMILES string of the molecule is CCSc1nnc(NC(=O)c2ccsc2-n2c(C)ccc2C)s1. The Labute approximate surface area is 146 Å². The van der Waals surface area contributed by atoms with E-state index >= 15 is 0 Å². The molecule has 0 spiro atoms. The number of amides is 1. The van der Waals surface area contributed by atoms with Crippen molar-refractivity contribution in [2.45, 2.75) is 25.1 Å². The van der Waals surface area contributed by atoms with Crippen LogP contribution in [-0.4, -0.2) is 26.4 Å². The zero-order valence-electron chi connectivity index (χ0n) is 13.0. The zero-order chi connectivity index (χ0) is 16.4. The Balaban J connectivity index is 1.85. The van der Waals surface area contributed by atoms with Gasteiger partial charge in [-0.1, -0.05) is 30.0 Å². The molecule has 0 aliphatic carbocycles. The van der Waals surface area contributed by atoms with Crippen LogP contribution in [0.2, 0.25) is 0 Å². The lowest BCUT2D eigenvalue weighted by molar-refractivity contribution is 0.102. The minimum Gasteiger partial charge on any atom is -0.309 e. The Morgan fingerprint density at radius 1 is 1.26 bits per heavy atom. The van der Waals surface area contributed by atoms with Crippen molar-refractivity contribution >= 4 is 45.5 Å². The Morgan fingerprint density at radius 2 is 2.00 bits per heavy atom. The Kier molecular flexibility index (Phi) is 4.84. The first-order chi connectivity index (χ1) is 11.1. The second kappa shape index (κ2) is 6.86. The molecule has 3 heterocycles. The molecule has 0 aliphatic rings. The third kappa shape index (κ3) is 3.34. The number of thiophene rings is 1. The van der Waals surface area contributed by atoms with Gasteiger partial charge >= 0.3 is 0 Å². The smallest absolute Gasteiger partial charge is 0.260 e. The van der Waals surface area contributed by atoms with Gasteiger partial charge in [-0.05, 0) is 43.2 Å². The van der Waals surface area contributed by atoms with Gasteiger partial charge in [0.25, 0.3) is 5.91 Å². The molecule has 0 radical (unpaired) electrons. The van der Waals surface area contributed by atoms with E-state index in [4.69, 9.17) is 0 Å². The molecule has 120 valence electrons. The van der Waals surface area contributed by atoms with E-state index in [1.165, 1.54) is 11.3 Å². The van der Waals surface area contributed by atoms with Crippen LogP contribution in [0, 0.1) is 13.8 Å². The van der Waals surface area contributed by atoms with E-state index in [0.717, 1.165) is 26.5 Å². The van der Waals surface area contributed by atoms with Crippen LogP contribution in [0.4, 0.5) is 5.13 Å². The van der Waals surface area contributed by atoms with Gasteiger partial charge in [-0.3, -0.25) is 10.1 Å². The van der Waals surface area contributed by atoms with Crippen LogP contribution in [0.5, 0.6) is 0 Å². The molecule has 5 nitrogen and oxygen atoms in total. The van der Waals surface area contributed by atoms with Crippen LogP contribution < -0.4 is 5.32 Å². The summed E-state index contributed by atoms with van der Waals surface area (Å²) in [5.74, 6) is 0.779. The van der Waals surface area contributed by atoms with Crippen molar-refractivity contribution in [2.75, 3.05) is 11.1 Å². The van der Waals surface area contributed by atoms with Gasteiger partial charge in [0.2, 0.25) is 5.13 Å². The molecular formula is C15H16N4OS3. The van der Waals surface area contributed by atoms with Gasteiger partial charge in [0.15, 0.2) is 4.34 Å². The van der Waals surface area contributed by atoms with Gasteiger partial charge in [0.1, 0.15) is 5.00 Å². The third-order valence-corrected chi connectivity index (χ3v) is 6.01. The highest BCUT2D eigenvalue weighted by molar-refractivity contribution is 8.01. The molecule has 0 bridgehead atoms. The summed E-state index contributed by atoms with van der Waals surface area (Å²) in [5.41, 5.74) is 2.87. The summed E-state index contributed by atoms with van der Waals surface area (Å²) in [5, 5.41) is 14.3. The van der Waals surface area contributed by atoms with Gasteiger partial charge < -0.3 is 4.57 Å². The number of carbonyl (C=O) groups excluding carboxylic acids is 1. The van der Waals surface area contributed by atoms with Crippen LogP contribution in [0.1, 0.15) is 28.7 Å². The molecule has 0 unspecified atom stereocenters. The first kappa shape index (κ1) is 16.2. The Morgan fingerprint density at radius 3 is 2.70 bits per heavy atom. The molecule has 23 heavy (non-hydrogen) atoms. The van der Waals surface area contributed by atoms with Crippen molar-refractivity contribution in [2.24, 2.45) is 0 Å². The molecule has 8 heteroatoms. The molecule has 0 aliphatic heterocycles. The average molecular weight is 365 g/mol. The summed E-state index contributed by atoms with van der Waals surface area (Å²) in [4.78, 5) is 12.6. The fourth-order valence-corrected chi connectivity index (χ4v) is 4.90. The number of carbonyl (C=O) groups is 1. The first-order valence-electron chi connectivity index (χ1n) is 7.10. The summed E-state index contributed by atoms with van der Waals surface area (Å²) >= 11 is 4.57. The van der Waals surface area contributed by atoms with Crippen molar-refractivity contribution in [3.8, 4) is 5.00 Å². The normalized spacial score (nSPS) is 10.9. The number of aryl methyl sites for hydroxylation is 2. The molecule has 0 aromatic carbocycles. The van der Waals surface area contributed by atoms with Crippen molar-refractivity contribution < 1.29 is 4.79 Å². The van der Waals surface area contributed by atoms with Gasteiger partial charge in [-0.2, -0.15) is 0 Å². The molecule has 0 fully saturated rings. The molecule has 0 saturated heterocycles. The van der Waals surface area contributed by atoms with E-state index in [0.29, 0.717) is 10.7 Å². The predicted octanol–water partition coefficient (Wildman–Crippen LogP) is 4.37. The van der Waals surface area contributed by atoms with Gasteiger partial charge in [0.05, 0.1) is 5.56 Å². The lowest BCUT2D eigenvalue weighted by atomic mass is 10.3. The summed E-state index contributed by atoms with van der Waals surface area (Å²) < 4.78 is 2.96. The van der Waals surface area contributed by atoms with Crippen LogP contribution >= 0.6 is 34.4 Å². The minimum absolute atomic E-state index is 0.155. The maximum absolute atomic E-state index is 12.6. The number of nitrogens with zero attached hydrogens (tertiary/aromatic N) is 3. The van der Waals surface area contributed by atoms with E-state index in [1.54, 1.807) is 23.1 Å². The lowest BCUT2D eigenvalue weighted by Gasteiger charge is -2.09. The first-order valence-corrected chi connectivity index (χ1v) is 9.78. The van der Waals surface area contributed by atoms with E-state index < -0.39 is 0 Å². The zero-order valence-corrected chi connectivity index (χ0v) is 15.4. The number of thioether (sulfide) groups is 1. The molecule has 0 saturated carbocycles. The summed E-state index contributed by atoms with van der Waals surface area (Å²) in [6.07, 6.45) is 0. The molecule has 0 atom stereocenters. The highest BCUT2D eigenvalue weighted by Crippen LogP contribution is 2.28. The summed E-state index contributed by atoms with van der Waals surface area (Å²) in [6.45, 7) is 6.13. The van der Waals surface area contributed by atoms with E-state index in [9.17, 15) is 4.79 Å².